The molecule has 2 aromatic carbocycles. The summed E-state index contributed by atoms with van der Waals surface area (Å²) in [5.74, 6) is 0.475. The standard InChI is InChI=1S/C24H21N5O4/c1-33-18-7-5-17(6-8-18)28-11-12-29(24(28)32)23(31)26-16-4-9-19-20(13-15-3-2-10-25-15)22(30)27-21(19)14-16/h2-10,13-14,25H,11-12H2,1H3,(H,26,31)(H,27,30). The lowest BCUT2D eigenvalue weighted by Crippen LogP contribution is -2.39. The molecule has 9 nitrogen and oxygen atoms in total. The van der Waals surface area contributed by atoms with Crippen molar-refractivity contribution in [3.05, 3.63) is 72.1 Å². The molecule has 1 fully saturated rings. The summed E-state index contributed by atoms with van der Waals surface area (Å²) < 4.78 is 5.15. The third-order valence-electron chi connectivity index (χ3n) is 5.61. The van der Waals surface area contributed by atoms with Crippen molar-refractivity contribution in [2.75, 3.05) is 35.7 Å². The topological polar surface area (TPSA) is 107 Å². The van der Waals surface area contributed by atoms with Crippen LogP contribution in [0.5, 0.6) is 5.75 Å². The zero-order valence-electron chi connectivity index (χ0n) is 17.8. The molecule has 0 saturated carbocycles. The molecule has 5 rings (SSSR count). The molecule has 3 N–H and O–H groups in total. The van der Waals surface area contributed by atoms with Gasteiger partial charge in [-0.15, -0.1) is 0 Å². The minimum absolute atomic E-state index is 0.215. The number of aromatic nitrogens is 1. The number of ether oxygens (including phenoxy) is 1. The van der Waals surface area contributed by atoms with Crippen molar-refractivity contribution >= 4 is 46.7 Å². The number of fused-ring (bicyclic) bond motifs is 1. The van der Waals surface area contributed by atoms with E-state index in [1.54, 1.807) is 66.7 Å². The lowest BCUT2D eigenvalue weighted by atomic mass is 10.1. The Kier molecular flexibility index (Phi) is 5.06. The van der Waals surface area contributed by atoms with Gasteiger partial charge in [0.1, 0.15) is 5.75 Å². The Hall–Kier alpha value is -4.53. The van der Waals surface area contributed by atoms with Gasteiger partial charge in [0.2, 0.25) is 0 Å². The van der Waals surface area contributed by atoms with E-state index in [0.717, 1.165) is 16.2 Å². The van der Waals surface area contributed by atoms with Crippen molar-refractivity contribution < 1.29 is 19.1 Å². The number of H-pyrrole nitrogens is 1. The highest BCUT2D eigenvalue weighted by molar-refractivity contribution is 6.35. The van der Waals surface area contributed by atoms with E-state index in [4.69, 9.17) is 4.74 Å². The molecule has 33 heavy (non-hydrogen) atoms. The lowest BCUT2D eigenvalue weighted by Gasteiger charge is -2.18. The number of aromatic amines is 1. The van der Waals surface area contributed by atoms with E-state index in [2.05, 4.69) is 15.6 Å². The number of benzene rings is 2. The van der Waals surface area contributed by atoms with Crippen LogP contribution in [0.2, 0.25) is 0 Å². The van der Waals surface area contributed by atoms with Gasteiger partial charge in [0.15, 0.2) is 0 Å². The molecule has 0 aliphatic carbocycles. The fourth-order valence-electron chi connectivity index (χ4n) is 3.92. The van der Waals surface area contributed by atoms with E-state index in [-0.39, 0.29) is 12.5 Å². The van der Waals surface area contributed by atoms with Gasteiger partial charge in [-0.05, 0) is 54.6 Å². The second-order valence-electron chi connectivity index (χ2n) is 7.61. The number of amides is 5. The zero-order chi connectivity index (χ0) is 22.9. The number of hydrogen-bond donors (Lipinski definition) is 3. The van der Waals surface area contributed by atoms with Crippen molar-refractivity contribution in [3.63, 3.8) is 0 Å². The Bertz CT molecular complexity index is 1260. The van der Waals surface area contributed by atoms with E-state index < -0.39 is 12.1 Å². The molecule has 2 aliphatic heterocycles. The molecule has 1 saturated heterocycles. The van der Waals surface area contributed by atoms with Crippen molar-refractivity contribution in [3.8, 4) is 5.75 Å². The first-order valence-electron chi connectivity index (χ1n) is 10.4. The molecule has 3 aromatic rings. The normalized spacial score (nSPS) is 16.2. The lowest BCUT2D eigenvalue weighted by molar-refractivity contribution is -0.110. The van der Waals surface area contributed by atoms with Crippen molar-refractivity contribution in [1.82, 2.24) is 9.88 Å². The molecule has 0 atom stereocenters. The number of anilines is 3. The Morgan fingerprint density at radius 3 is 2.64 bits per heavy atom. The molecule has 5 amide bonds. The Labute approximate surface area is 189 Å². The van der Waals surface area contributed by atoms with Gasteiger partial charge < -0.3 is 20.4 Å². The maximum Gasteiger partial charge on any atom is 0.332 e. The third-order valence-corrected chi connectivity index (χ3v) is 5.61. The number of imide groups is 1. The van der Waals surface area contributed by atoms with E-state index in [1.807, 2.05) is 12.1 Å². The monoisotopic (exact) mass is 443 g/mol. The van der Waals surface area contributed by atoms with Crippen LogP contribution in [0.15, 0.2) is 60.8 Å². The van der Waals surface area contributed by atoms with E-state index in [1.165, 1.54) is 0 Å². The number of hydrogen-bond acceptors (Lipinski definition) is 4. The summed E-state index contributed by atoms with van der Waals surface area (Å²) >= 11 is 0. The highest BCUT2D eigenvalue weighted by Gasteiger charge is 2.34. The number of nitrogens with zero attached hydrogens (tertiary/aromatic N) is 2. The number of methoxy groups -OCH3 is 1. The number of urea groups is 2. The van der Waals surface area contributed by atoms with Crippen molar-refractivity contribution in [2.45, 2.75) is 0 Å². The van der Waals surface area contributed by atoms with Gasteiger partial charge in [0.25, 0.3) is 5.91 Å². The largest absolute Gasteiger partial charge is 0.497 e. The van der Waals surface area contributed by atoms with Crippen LogP contribution in [0.3, 0.4) is 0 Å². The molecule has 0 spiro atoms. The van der Waals surface area contributed by atoms with Crippen molar-refractivity contribution in [1.29, 1.82) is 0 Å². The summed E-state index contributed by atoms with van der Waals surface area (Å²) in [5, 5.41) is 5.57. The molecular formula is C24H21N5O4. The molecule has 0 bridgehead atoms. The van der Waals surface area contributed by atoms with Crippen LogP contribution in [0.25, 0.3) is 11.6 Å². The number of carbonyl (C=O) groups is 3. The molecule has 1 aromatic heterocycles. The van der Waals surface area contributed by atoms with Gasteiger partial charge in [-0.3, -0.25) is 9.69 Å². The minimum atomic E-state index is -0.526. The predicted molar refractivity (Wildman–Crippen MR) is 125 cm³/mol. The smallest absolute Gasteiger partial charge is 0.332 e. The SMILES string of the molecule is COc1ccc(N2CCN(C(=O)Nc3ccc4c(c3)NC(=O)C4=Cc3ccc[nH]3)C2=O)cc1. The average Bonchev–Trinajstić information content (AvgIpc) is 3.54. The van der Waals surface area contributed by atoms with Crippen LogP contribution in [-0.2, 0) is 4.79 Å². The molecular weight excluding hydrogens is 422 g/mol. The average molecular weight is 443 g/mol. The zero-order valence-corrected chi connectivity index (χ0v) is 17.8. The quantitative estimate of drug-likeness (QED) is 0.530. The Balaban J connectivity index is 1.29. The summed E-state index contributed by atoms with van der Waals surface area (Å²) in [6.45, 7) is 0.660. The number of nitrogens with one attached hydrogen (secondary N) is 3. The van der Waals surface area contributed by atoms with E-state index in [9.17, 15) is 14.4 Å². The number of rotatable bonds is 4. The van der Waals surface area contributed by atoms with Gasteiger partial charge in [-0.25, -0.2) is 14.5 Å². The molecule has 0 radical (unpaired) electrons. The minimum Gasteiger partial charge on any atom is -0.497 e. The van der Waals surface area contributed by atoms with Crippen LogP contribution in [0, 0.1) is 0 Å². The van der Waals surface area contributed by atoms with Crippen LogP contribution in [0.1, 0.15) is 11.3 Å². The van der Waals surface area contributed by atoms with E-state index >= 15 is 0 Å². The third kappa shape index (κ3) is 3.80. The summed E-state index contributed by atoms with van der Waals surface area (Å²) in [6.07, 6.45) is 3.56. The van der Waals surface area contributed by atoms with Gasteiger partial charge in [0.05, 0.1) is 24.9 Å². The fourth-order valence-corrected chi connectivity index (χ4v) is 3.92. The first kappa shape index (κ1) is 20.4. The summed E-state index contributed by atoms with van der Waals surface area (Å²) in [5.41, 5.74) is 3.88. The second-order valence-corrected chi connectivity index (χ2v) is 7.61. The predicted octanol–water partition coefficient (Wildman–Crippen LogP) is 3.99. The maximum absolute atomic E-state index is 12.8. The summed E-state index contributed by atoms with van der Waals surface area (Å²) in [4.78, 5) is 43.8. The maximum atomic E-state index is 12.8. The van der Waals surface area contributed by atoms with Gasteiger partial charge in [-0.2, -0.15) is 0 Å². The van der Waals surface area contributed by atoms with Gasteiger partial charge in [-0.1, -0.05) is 6.07 Å². The first-order chi connectivity index (χ1) is 16.0. The first-order valence-corrected chi connectivity index (χ1v) is 10.4. The highest BCUT2D eigenvalue weighted by Crippen LogP contribution is 2.35. The summed E-state index contributed by atoms with van der Waals surface area (Å²) in [6, 6.07) is 15.1. The highest BCUT2D eigenvalue weighted by atomic mass is 16.5. The van der Waals surface area contributed by atoms with Crippen LogP contribution in [-0.4, -0.2) is 48.1 Å². The molecule has 9 heteroatoms. The Morgan fingerprint density at radius 1 is 1.09 bits per heavy atom. The van der Waals surface area contributed by atoms with Gasteiger partial charge >= 0.3 is 12.1 Å². The molecule has 3 heterocycles. The van der Waals surface area contributed by atoms with Crippen molar-refractivity contribution in [2.24, 2.45) is 0 Å². The molecule has 166 valence electrons. The molecule has 2 aliphatic rings. The fraction of sp³-hybridized carbons (Fsp3) is 0.125. The Morgan fingerprint density at radius 2 is 1.91 bits per heavy atom. The van der Waals surface area contributed by atoms with Gasteiger partial charge in [0, 0.05) is 35.4 Å². The molecule has 0 unspecified atom stereocenters. The number of carbonyl (C=O) groups excluding carboxylic acids is 3. The van der Waals surface area contributed by atoms with Crippen LogP contribution < -0.4 is 20.3 Å². The second kappa shape index (κ2) is 8.19. The van der Waals surface area contributed by atoms with Crippen LogP contribution >= 0.6 is 0 Å². The van der Waals surface area contributed by atoms with E-state index in [0.29, 0.717) is 34.9 Å². The summed E-state index contributed by atoms with van der Waals surface area (Å²) in [7, 11) is 1.57. The van der Waals surface area contributed by atoms with Crippen LogP contribution in [0.4, 0.5) is 26.7 Å².